The van der Waals surface area contributed by atoms with Crippen LogP contribution in [0.5, 0.6) is 11.5 Å². The molecule has 1 aromatic rings. The van der Waals surface area contributed by atoms with E-state index in [0.29, 0.717) is 30.1 Å². The molecule has 1 unspecified atom stereocenters. The fraction of sp³-hybridized carbons (Fsp3) is 0.467. The predicted molar refractivity (Wildman–Crippen MR) is 72.3 cm³/mol. The van der Waals surface area contributed by atoms with Gasteiger partial charge in [0.15, 0.2) is 5.78 Å². The highest BCUT2D eigenvalue weighted by atomic mass is 16.5. The molecule has 0 aliphatic heterocycles. The second-order valence-electron chi connectivity index (χ2n) is 4.65. The molecule has 0 N–H and O–H groups in total. The van der Waals surface area contributed by atoms with Crippen LogP contribution in [-0.2, 0) is 16.0 Å². The van der Waals surface area contributed by atoms with Gasteiger partial charge in [0.05, 0.1) is 26.4 Å². The third-order valence-corrected chi connectivity index (χ3v) is 3.33. The maximum absolute atomic E-state index is 12.4. The SMILES string of the molecule is CCCOC(=O)C1Cc2cc(OC)cc(OC)c2C1=O. The van der Waals surface area contributed by atoms with E-state index in [0.717, 1.165) is 12.0 Å². The van der Waals surface area contributed by atoms with Gasteiger partial charge in [-0.15, -0.1) is 0 Å². The number of esters is 1. The average molecular weight is 278 g/mol. The van der Waals surface area contributed by atoms with Crippen molar-refractivity contribution < 1.29 is 23.8 Å². The molecule has 2 rings (SSSR count). The van der Waals surface area contributed by atoms with Gasteiger partial charge in [-0.2, -0.15) is 0 Å². The van der Waals surface area contributed by atoms with Crippen LogP contribution in [0.15, 0.2) is 12.1 Å². The lowest BCUT2D eigenvalue weighted by molar-refractivity contribution is -0.146. The molecule has 1 aliphatic carbocycles. The van der Waals surface area contributed by atoms with Gasteiger partial charge in [-0.05, 0) is 24.5 Å². The minimum Gasteiger partial charge on any atom is -0.497 e. The van der Waals surface area contributed by atoms with Gasteiger partial charge in [0.1, 0.15) is 17.4 Å². The molecule has 108 valence electrons. The standard InChI is InChI=1S/C15H18O5/c1-4-5-20-15(17)11-7-9-6-10(18-2)8-12(19-3)13(9)14(11)16/h6,8,11H,4-5,7H2,1-3H3. The number of fused-ring (bicyclic) bond motifs is 1. The fourth-order valence-corrected chi connectivity index (χ4v) is 2.35. The second-order valence-corrected chi connectivity index (χ2v) is 4.65. The van der Waals surface area contributed by atoms with E-state index in [2.05, 4.69) is 0 Å². The Kier molecular flexibility index (Phi) is 4.27. The summed E-state index contributed by atoms with van der Waals surface area (Å²) in [6.07, 6.45) is 1.07. The molecular weight excluding hydrogens is 260 g/mol. The molecule has 0 heterocycles. The first-order valence-corrected chi connectivity index (χ1v) is 6.58. The Labute approximate surface area is 117 Å². The third kappa shape index (κ3) is 2.48. The minimum absolute atomic E-state index is 0.236. The molecule has 5 nitrogen and oxygen atoms in total. The molecule has 1 aromatic carbocycles. The Bertz CT molecular complexity index is 535. The van der Waals surface area contributed by atoms with Crippen molar-refractivity contribution in [1.82, 2.24) is 0 Å². The topological polar surface area (TPSA) is 61.8 Å². The Morgan fingerprint density at radius 3 is 2.65 bits per heavy atom. The van der Waals surface area contributed by atoms with Gasteiger partial charge < -0.3 is 14.2 Å². The van der Waals surface area contributed by atoms with E-state index in [4.69, 9.17) is 14.2 Å². The summed E-state index contributed by atoms with van der Waals surface area (Å²) in [5.74, 6) is -0.418. The van der Waals surface area contributed by atoms with Crippen LogP contribution in [0.2, 0.25) is 0 Å². The summed E-state index contributed by atoms with van der Waals surface area (Å²) in [4.78, 5) is 24.3. The number of methoxy groups -OCH3 is 2. The van der Waals surface area contributed by atoms with Gasteiger partial charge in [-0.1, -0.05) is 6.92 Å². The molecular formula is C15H18O5. The zero-order valence-corrected chi connectivity index (χ0v) is 11.9. The van der Waals surface area contributed by atoms with Crippen molar-refractivity contribution in [3.8, 4) is 11.5 Å². The highest BCUT2D eigenvalue weighted by Crippen LogP contribution is 2.37. The molecule has 1 aliphatic rings. The number of carbonyl (C=O) groups excluding carboxylic acids is 2. The van der Waals surface area contributed by atoms with Crippen LogP contribution < -0.4 is 9.47 Å². The van der Waals surface area contributed by atoms with Gasteiger partial charge in [-0.25, -0.2) is 0 Å². The number of hydrogen-bond donors (Lipinski definition) is 0. The summed E-state index contributed by atoms with van der Waals surface area (Å²) >= 11 is 0. The maximum Gasteiger partial charge on any atom is 0.317 e. The molecule has 1 atom stereocenters. The quantitative estimate of drug-likeness (QED) is 0.609. The van der Waals surface area contributed by atoms with Crippen molar-refractivity contribution in [1.29, 1.82) is 0 Å². The third-order valence-electron chi connectivity index (χ3n) is 3.33. The van der Waals surface area contributed by atoms with Crippen molar-refractivity contribution in [3.63, 3.8) is 0 Å². The van der Waals surface area contributed by atoms with Crippen LogP contribution in [0.4, 0.5) is 0 Å². The van der Waals surface area contributed by atoms with E-state index < -0.39 is 11.9 Å². The zero-order chi connectivity index (χ0) is 14.7. The first-order chi connectivity index (χ1) is 9.62. The smallest absolute Gasteiger partial charge is 0.317 e. The highest BCUT2D eigenvalue weighted by Gasteiger charge is 2.39. The lowest BCUT2D eigenvalue weighted by atomic mass is 10.1. The Morgan fingerprint density at radius 1 is 1.30 bits per heavy atom. The molecule has 5 heteroatoms. The number of benzene rings is 1. The van der Waals surface area contributed by atoms with Gasteiger partial charge in [0.25, 0.3) is 0 Å². The van der Waals surface area contributed by atoms with Crippen molar-refractivity contribution in [2.75, 3.05) is 20.8 Å². The molecule has 0 saturated heterocycles. The summed E-state index contributed by atoms with van der Waals surface area (Å²) in [7, 11) is 3.04. The van der Waals surface area contributed by atoms with Crippen LogP contribution in [0.25, 0.3) is 0 Å². The summed E-state index contributed by atoms with van der Waals surface area (Å²) in [6.45, 7) is 2.24. The molecule has 0 bridgehead atoms. The number of hydrogen-bond acceptors (Lipinski definition) is 5. The minimum atomic E-state index is -0.766. The first kappa shape index (κ1) is 14.4. The Balaban J connectivity index is 2.30. The molecule has 0 saturated carbocycles. The lowest BCUT2D eigenvalue weighted by Gasteiger charge is -2.09. The van der Waals surface area contributed by atoms with Crippen LogP contribution >= 0.6 is 0 Å². The zero-order valence-electron chi connectivity index (χ0n) is 11.9. The number of rotatable bonds is 5. The van der Waals surface area contributed by atoms with E-state index in [-0.39, 0.29) is 5.78 Å². The molecule has 0 radical (unpaired) electrons. The van der Waals surface area contributed by atoms with Crippen molar-refractivity contribution in [3.05, 3.63) is 23.3 Å². The van der Waals surface area contributed by atoms with E-state index in [1.807, 2.05) is 6.92 Å². The Hall–Kier alpha value is -2.04. The molecule has 0 spiro atoms. The Morgan fingerprint density at radius 2 is 2.05 bits per heavy atom. The lowest BCUT2D eigenvalue weighted by Crippen LogP contribution is -2.23. The fourth-order valence-electron chi connectivity index (χ4n) is 2.35. The van der Waals surface area contributed by atoms with E-state index in [1.54, 1.807) is 19.2 Å². The molecule has 0 amide bonds. The van der Waals surface area contributed by atoms with Gasteiger partial charge >= 0.3 is 5.97 Å². The second kappa shape index (κ2) is 5.94. The summed E-state index contributed by atoms with van der Waals surface area (Å²) in [6, 6.07) is 3.42. The van der Waals surface area contributed by atoms with Gasteiger partial charge in [0, 0.05) is 6.07 Å². The van der Waals surface area contributed by atoms with Crippen LogP contribution in [0.3, 0.4) is 0 Å². The summed E-state index contributed by atoms with van der Waals surface area (Å²) < 4.78 is 15.5. The summed E-state index contributed by atoms with van der Waals surface area (Å²) in [5.41, 5.74) is 1.23. The maximum atomic E-state index is 12.4. The molecule has 0 aromatic heterocycles. The van der Waals surface area contributed by atoms with Crippen molar-refractivity contribution in [2.24, 2.45) is 5.92 Å². The van der Waals surface area contributed by atoms with E-state index in [9.17, 15) is 9.59 Å². The number of Topliss-reactive ketones (excluding diaryl/α,β-unsaturated/α-hetero) is 1. The molecule has 20 heavy (non-hydrogen) atoms. The first-order valence-electron chi connectivity index (χ1n) is 6.58. The number of ether oxygens (including phenoxy) is 3. The normalized spacial score (nSPS) is 16.8. The number of carbonyl (C=O) groups is 2. The van der Waals surface area contributed by atoms with Gasteiger partial charge in [0.2, 0.25) is 0 Å². The van der Waals surface area contributed by atoms with Crippen LogP contribution in [0.1, 0.15) is 29.3 Å². The van der Waals surface area contributed by atoms with Crippen molar-refractivity contribution >= 4 is 11.8 Å². The highest BCUT2D eigenvalue weighted by molar-refractivity contribution is 6.13. The monoisotopic (exact) mass is 278 g/mol. The largest absolute Gasteiger partial charge is 0.497 e. The van der Waals surface area contributed by atoms with E-state index in [1.165, 1.54) is 7.11 Å². The van der Waals surface area contributed by atoms with Crippen LogP contribution in [-0.4, -0.2) is 32.6 Å². The van der Waals surface area contributed by atoms with E-state index >= 15 is 0 Å². The number of ketones is 1. The van der Waals surface area contributed by atoms with Crippen LogP contribution in [0, 0.1) is 5.92 Å². The summed E-state index contributed by atoms with van der Waals surface area (Å²) in [5, 5.41) is 0. The van der Waals surface area contributed by atoms with Crippen molar-refractivity contribution in [2.45, 2.75) is 19.8 Å². The predicted octanol–water partition coefficient (Wildman–Crippen LogP) is 2.01. The average Bonchev–Trinajstić information content (AvgIpc) is 2.81. The van der Waals surface area contributed by atoms with Gasteiger partial charge in [-0.3, -0.25) is 9.59 Å². The molecule has 0 fully saturated rings.